The fraction of sp³-hybridized carbons (Fsp3) is 0.417. The van der Waals surface area contributed by atoms with E-state index in [1.807, 2.05) is 0 Å². The van der Waals surface area contributed by atoms with Crippen molar-refractivity contribution in [1.29, 1.82) is 0 Å². The number of Topliss-reactive ketones (excluding diaryl/α,β-unsaturated/α-hetero) is 1. The number of carbonyl (C=O) groups excluding carboxylic acids is 1. The van der Waals surface area contributed by atoms with Crippen LogP contribution in [-0.4, -0.2) is 12.4 Å². The lowest BCUT2D eigenvalue weighted by Gasteiger charge is -2.07. The van der Waals surface area contributed by atoms with Crippen molar-refractivity contribution in [3.8, 4) is 5.75 Å². The van der Waals surface area contributed by atoms with Crippen LogP contribution in [0.25, 0.3) is 0 Å². The molecule has 0 aromatic heterocycles. The van der Waals surface area contributed by atoms with Crippen molar-refractivity contribution >= 4 is 29.0 Å². The Labute approximate surface area is 106 Å². The van der Waals surface area contributed by atoms with Crippen LogP contribution >= 0.6 is 23.2 Å². The number of rotatable bonds is 6. The first-order valence-corrected chi connectivity index (χ1v) is 5.92. The highest BCUT2D eigenvalue weighted by molar-refractivity contribution is 6.35. The monoisotopic (exact) mass is 260 g/mol. The number of hydrogen-bond donors (Lipinski definition) is 0. The van der Waals surface area contributed by atoms with Crippen molar-refractivity contribution in [3.05, 3.63) is 28.2 Å². The van der Waals surface area contributed by atoms with E-state index >= 15 is 0 Å². The highest BCUT2D eigenvalue weighted by Crippen LogP contribution is 2.27. The summed E-state index contributed by atoms with van der Waals surface area (Å²) < 4.78 is 5.47. The zero-order chi connectivity index (χ0) is 12.0. The first-order valence-electron chi connectivity index (χ1n) is 5.17. The van der Waals surface area contributed by atoms with Crippen LogP contribution in [0, 0.1) is 0 Å². The van der Waals surface area contributed by atoms with Crippen molar-refractivity contribution in [2.75, 3.05) is 6.61 Å². The summed E-state index contributed by atoms with van der Waals surface area (Å²) in [6.07, 6.45) is 2.30. The minimum Gasteiger partial charge on any atom is -0.492 e. The van der Waals surface area contributed by atoms with Gasteiger partial charge < -0.3 is 9.53 Å². The van der Waals surface area contributed by atoms with Crippen LogP contribution in [-0.2, 0) is 4.79 Å². The molecule has 0 aliphatic rings. The molecule has 0 radical (unpaired) electrons. The van der Waals surface area contributed by atoms with E-state index in [1.54, 1.807) is 25.1 Å². The molecule has 0 amide bonds. The van der Waals surface area contributed by atoms with E-state index in [2.05, 4.69) is 0 Å². The quantitative estimate of drug-likeness (QED) is 0.719. The molecule has 0 heterocycles. The largest absolute Gasteiger partial charge is 0.492 e. The maximum atomic E-state index is 10.7. The maximum absolute atomic E-state index is 10.7. The molecule has 88 valence electrons. The highest BCUT2D eigenvalue weighted by atomic mass is 35.5. The Balaban J connectivity index is 2.29. The third-order valence-electron chi connectivity index (χ3n) is 2.07. The summed E-state index contributed by atoms with van der Waals surface area (Å²) in [7, 11) is 0. The van der Waals surface area contributed by atoms with Crippen LogP contribution < -0.4 is 4.74 Å². The summed E-state index contributed by atoms with van der Waals surface area (Å²) >= 11 is 11.7. The van der Waals surface area contributed by atoms with Gasteiger partial charge in [0.15, 0.2) is 0 Å². The van der Waals surface area contributed by atoms with Crippen molar-refractivity contribution in [3.63, 3.8) is 0 Å². The van der Waals surface area contributed by atoms with E-state index in [9.17, 15) is 4.79 Å². The highest BCUT2D eigenvalue weighted by Gasteiger charge is 2.02. The molecule has 0 aliphatic heterocycles. The molecule has 0 spiro atoms. The van der Waals surface area contributed by atoms with E-state index in [1.165, 1.54) is 0 Å². The Morgan fingerprint density at radius 3 is 2.69 bits per heavy atom. The molecule has 16 heavy (non-hydrogen) atoms. The molecule has 0 bridgehead atoms. The predicted molar refractivity (Wildman–Crippen MR) is 66.5 cm³/mol. The molecule has 1 rings (SSSR count). The van der Waals surface area contributed by atoms with Gasteiger partial charge in [0.05, 0.1) is 11.6 Å². The zero-order valence-corrected chi connectivity index (χ0v) is 10.6. The van der Waals surface area contributed by atoms with Crippen LogP contribution in [0.5, 0.6) is 5.75 Å². The number of unbranched alkanes of at least 4 members (excludes halogenated alkanes) is 1. The first-order chi connectivity index (χ1) is 7.59. The van der Waals surface area contributed by atoms with E-state index in [0.717, 1.165) is 12.8 Å². The standard InChI is InChI=1S/C12H14Cl2O2/c1-9(15)4-2-3-7-16-12-6-5-10(13)8-11(12)14/h5-6,8H,2-4,7H2,1H3. The molecule has 4 heteroatoms. The summed E-state index contributed by atoms with van der Waals surface area (Å²) in [4.78, 5) is 10.7. The van der Waals surface area contributed by atoms with E-state index in [0.29, 0.717) is 28.8 Å². The van der Waals surface area contributed by atoms with E-state index in [-0.39, 0.29) is 5.78 Å². The minimum absolute atomic E-state index is 0.213. The van der Waals surface area contributed by atoms with Gasteiger partial charge in [0.25, 0.3) is 0 Å². The summed E-state index contributed by atoms with van der Waals surface area (Å²) in [6, 6.07) is 5.13. The average Bonchev–Trinajstić information content (AvgIpc) is 2.20. The van der Waals surface area contributed by atoms with Crippen LogP contribution in [0.3, 0.4) is 0 Å². The number of ether oxygens (including phenoxy) is 1. The van der Waals surface area contributed by atoms with E-state index < -0.39 is 0 Å². The smallest absolute Gasteiger partial charge is 0.137 e. The Morgan fingerprint density at radius 1 is 1.31 bits per heavy atom. The van der Waals surface area contributed by atoms with Gasteiger partial charge in [-0.1, -0.05) is 23.2 Å². The lowest BCUT2D eigenvalue weighted by molar-refractivity contribution is -0.117. The molecule has 0 aliphatic carbocycles. The normalized spacial score (nSPS) is 10.2. The van der Waals surface area contributed by atoms with Gasteiger partial charge in [-0.25, -0.2) is 0 Å². The topological polar surface area (TPSA) is 26.3 Å². The lowest BCUT2D eigenvalue weighted by atomic mass is 10.2. The Morgan fingerprint density at radius 2 is 2.06 bits per heavy atom. The second-order valence-corrected chi connectivity index (χ2v) is 4.43. The van der Waals surface area contributed by atoms with Crippen molar-refractivity contribution in [2.45, 2.75) is 26.2 Å². The minimum atomic E-state index is 0.213. The van der Waals surface area contributed by atoms with Crippen LogP contribution in [0.4, 0.5) is 0 Å². The average molecular weight is 261 g/mol. The fourth-order valence-electron chi connectivity index (χ4n) is 1.25. The molecule has 0 saturated carbocycles. The number of benzene rings is 1. The molecular formula is C12H14Cl2O2. The molecule has 0 fully saturated rings. The van der Waals surface area contributed by atoms with Gasteiger partial charge in [0, 0.05) is 11.4 Å². The Kier molecular flexibility index (Phi) is 5.64. The second kappa shape index (κ2) is 6.77. The summed E-state index contributed by atoms with van der Waals surface area (Å²) in [6.45, 7) is 2.16. The van der Waals surface area contributed by atoms with Gasteiger partial charge in [0.2, 0.25) is 0 Å². The van der Waals surface area contributed by atoms with Gasteiger partial charge in [-0.15, -0.1) is 0 Å². The Bertz CT molecular complexity index is 364. The van der Waals surface area contributed by atoms with Crippen molar-refractivity contribution in [1.82, 2.24) is 0 Å². The van der Waals surface area contributed by atoms with Crippen molar-refractivity contribution < 1.29 is 9.53 Å². The number of ketones is 1. The first kappa shape index (κ1) is 13.3. The van der Waals surface area contributed by atoms with Gasteiger partial charge in [-0.2, -0.15) is 0 Å². The molecule has 1 aromatic rings. The van der Waals surface area contributed by atoms with Gasteiger partial charge in [0.1, 0.15) is 11.5 Å². The zero-order valence-electron chi connectivity index (χ0n) is 9.13. The van der Waals surface area contributed by atoms with Crippen LogP contribution in [0.1, 0.15) is 26.2 Å². The number of halogens is 2. The number of carbonyl (C=O) groups is 1. The molecule has 0 N–H and O–H groups in total. The summed E-state index contributed by atoms with van der Waals surface area (Å²) in [5, 5.41) is 1.10. The molecular weight excluding hydrogens is 247 g/mol. The molecule has 2 nitrogen and oxygen atoms in total. The molecule has 0 saturated heterocycles. The SMILES string of the molecule is CC(=O)CCCCOc1ccc(Cl)cc1Cl. The summed E-state index contributed by atoms with van der Waals surface area (Å²) in [5.74, 6) is 0.846. The third kappa shape index (κ3) is 4.86. The molecule has 0 unspecified atom stereocenters. The molecule has 0 atom stereocenters. The third-order valence-corrected chi connectivity index (χ3v) is 2.61. The maximum Gasteiger partial charge on any atom is 0.137 e. The Hall–Kier alpha value is -0.730. The second-order valence-electron chi connectivity index (χ2n) is 3.58. The van der Waals surface area contributed by atoms with Gasteiger partial charge >= 0.3 is 0 Å². The van der Waals surface area contributed by atoms with Crippen molar-refractivity contribution in [2.24, 2.45) is 0 Å². The van der Waals surface area contributed by atoms with Crippen LogP contribution in [0.2, 0.25) is 10.0 Å². The van der Waals surface area contributed by atoms with E-state index in [4.69, 9.17) is 27.9 Å². The predicted octanol–water partition coefficient (Wildman–Crippen LogP) is 4.13. The van der Waals surface area contributed by atoms with Gasteiger partial charge in [-0.3, -0.25) is 0 Å². The molecule has 1 aromatic carbocycles. The number of hydrogen-bond acceptors (Lipinski definition) is 2. The fourth-order valence-corrected chi connectivity index (χ4v) is 1.71. The van der Waals surface area contributed by atoms with Crippen LogP contribution in [0.15, 0.2) is 18.2 Å². The lowest BCUT2D eigenvalue weighted by Crippen LogP contribution is -1.99. The van der Waals surface area contributed by atoms with Gasteiger partial charge in [-0.05, 0) is 38.0 Å². The summed E-state index contributed by atoms with van der Waals surface area (Å²) in [5.41, 5.74) is 0.